The van der Waals surface area contributed by atoms with Gasteiger partial charge in [0, 0.05) is 18.0 Å². The molecule has 2 heterocycles. The third-order valence-corrected chi connectivity index (χ3v) is 5.47. The molecule has 0 unspecified atom stereocenters. The molecule has 27 heavy (non-hydrogen) atoms. The number of hydrogen-bond donors (Lipinski definition) is 0. The lowest BCUT2D eigenvalue weighted by atomic mass is 10.1. The molecule has 0 radical (unpaired) electrons. The van der Waals surface area contributed by atoms with Gasteiger partial charge in [0.15, 0.2) is 5.16 Å². The van der Waals surface area contributed by atoms with Crippen molar-refractivity contribution in [3.63, 3.8) is 0 Å². The Bertz CT molecular complexity index is 936. The van der Waals surface area contributed by atoms with E-state index in [1.165, 1.54) is 4.90 Å². The number of carbonyl (C=O) groups is 2. The lowest BCUT2D eigenvalue weighted by Gasteiger charge is -2.13. The molecule has 0 atom stereocenters. The largest absolute Gasteiger partial charge is 0.277 e. The quantitative estimate of drug-likeness (QED) is 0.358. The van der Waals surface area contributed by atoms with Crippen LogP contribution in [0.2, 0.25) is 0 Å². The summed E-state index contributed by atoms with van der Waals surface area (Å²) in [5.41, 5.74) is 2.04. The Morgan fingerprint density at radius 2 is 1.52 bits per heavy atom. The average molecular weight is 378 g/mol. The number of unbranched alkanes of at least 4 members (excludes halogenated alkanes) is 1. The summed E-state index contributed by atoms with van der Waals surface area (Å²) in [6.07, 6.45) is 3.34. The highest BCUT2D eigenvalue weighted by molar-refractivity contribution is 7.99. The summed E-state index contributed by atoms with van der Waals surface area (Å²) in [5.74, 6) is 0.466. The third-order valence-electron chi connectivity index (χ3n) is 4.44. The van der Waals surface area contributed by atoms with Crippen molar-refractivity contribution in [3.05, 3.63) is 72.1 Å². The smallest absolute Gasteiger partial charge is 0.261 e. The molecule has 1 aromatic heterocycles. The van der Waals surface area contributed by atoms with Crippen molar-refractivity contribution in [2.24, 2.45) is 0 Å². The van der Waals surface area contributed by atoms with Crippen LogP contribution in [0.5, 0.6) is 0 Å². The van der Waals surface area contributed by atoms with E-state index in [1.807, 2.05) is 34.9 Å². The zero-order chi connectivity index (χ0) is 18.6. The number of rotatable bonds is 7. The van der Waals surface area contributed by atoms with Crippen LogP contribution in [0.1, 0.15) is 33.6 Å². The summed E-state index contributed by atoms with van der Waals surface area (Å²) in [5, 5.41) is 9.01. The Balaban J connectivity index is 1.28. The first kappa shape index (κ1) is 17.5. The van der Waals surface area contributed by atoms with Gasteiger partial charge in [-0.25, -0.2) is 0 Å². The number of aromatic nitrogens is 3. The van der Waals surface area contributed by atoms with Crippen LogP contribution < -0.4 is 0 Å². The van der Waals surface area contributed by atoms with Gasteiger partial charge in [0.2, 0.25) is 0 Å². The SMILES string of the molecule is O=C1c2ccccc2C(=O)N1CCCCSc1nncn1-c1ccccc1. The number of para-hydroxylation sites is 1. The van der Waals surface area contributed by atoms with Gasteiger partial charge in [-0.1, -0.05) is 42.1 Å². The van der Waals surface area contributed by atoms with Gasteiger partial charge in [0.25, 0.3) is 11.8 Å². The Kier molecular flexibility index (Phi) is 5.02. The van der Waals surface area contributed by atoms with Crippen LogP contribution in [0.4, 0.5) is 0 Å². The number of amides is 2. The maximum absolute atomic E-state index is 12.3. The van der Waals surface area contributed by atoms with Gasteiger partial charge in [-0.3, -0.25) is 19.1 Å². The fourth-order valence-corrected chi connectivity index (χ4v) is 3.99. The van der Waals surface area contributed by atoms with Crippen LogP contribution in [0, 0.1) is 0 Å². The number of benzene rings is 2. The van der Waals surface area contributed by atoms with Crippen molar-refractivity contribution >= 4 is 23.6 Å². The van der Waals surface area contributed by atoms with E-state index in [4.69, 9.17) is 0 Å². The Labute approximate surface area is 161 Å². The fraction of sp³-hybridized carbons (Fsp3) is 0.200. The van der Waals surface area contributed by atoms with Crippen LogP contribution in [-0.2, 0) is 0 Å². The highest BCUT2D eigenvalue weighted by Gasteiger charge is 2.34. The molecule has 0 N–H and O–H groups in total. The zero-order valence-corrected chi connectivity index (χ0v) is 15.4. The van der Waals surface area contributed by atoms with Gasteiger partial charge in [-0.2, -0.15) is 0 Å². The molecule has 0 bridgehead atoms. The first-order chi connectivity index (χ1) is 13.3. The first-order valence-electron chi connectivity index (χ1n) is 8.79. The second-order valence-electron chi connectivity index (χ2n) is 6.18. The molecule has 0 saturated carbocycles. The average Bonchev–Trinajstić information content (AvgIpc) is 3.27. The molecule has 136 valence electrons. The van der Waals surface area contributed by atoms with E-state index in [1.54, 1.807) is 42.4 Å². The summed E-state index contributed by atoms with van der Waals surface area (Å²) in [6.45, 7) is 0.443. The second-order valence-corrected chi connectivity index (χ2v) is 7.24. The Morgan fingerprint density at radius 1 is 0.852 bits per heavy atom. The van der Waals surface area contributed by atoms with Gasteiger partial charge in [0.05, 0.1) is 11.1 Å². The van der Waals surface area contributed by atoms with E-state index >= 15 is 0 Å². The predicted octanol–water partition coefficient (Wildman–Crippen LogP) is 3.44. The highest BCUT2D eigenvalue weighted by Crippen LogP contribution is 2.24. The van der Waals surface area contributed by atoms with E-state index in [0.717, 1.165) is 29.4 Å². The maximum atomic E-state index is 12.3. The summed E-state index contributed by atoms with van der Waals surface area (Å²) in [6, 6.07) is 16.9. The van der Waals surface area contributed by atoms with Crippen molar-refractivity contribution in [1.82, 2.24) is 19.7 Å². The minimum Gasteiger partial charge on any atom is -0.277 e. The molecule has 0 spiro atoms. The highest BCUT2D eigenvalue weighted by atomic mass is 32.2. The number of carbonyl (C=O) groups excluding carboxylic acids is 2. The molecule has 3 aromatic rings. The maximum Gasteiger partial charge on any atom is 0.261 e. The monoisotopic (exact) mass is 378 g/mol. The van der Waals surface area contributed by atoms with Gasteiger partial charge < -0.3 is 0 Å². The minimum atomic E-state index is -0.188. The molecule has 0 fully saturated rings. The van der Waals surface area contributed by atoms with E-state index in [0.29, 0.717) is 17.7 Å². The van der Waals surface area contributed by atoms with E-state index < -0.39 is 0 Å². The molecule has 2 aromatic carbocycles. The Morgan fingerprint density at radius 3 is 2.22 bits per heavy atom. The van der Waals surface area contributed by atoms with Crippen molar-refractivity contribution in [2.75, 3.05) is 12.3 Å². The fourth-order valence-electron chi connectivity index (χ4n) is 3.07. The molecular formula is C20H18N4O2S. The van der Waals surface area contributed by atoms with Crippen molar-refractivity contribution in [1.29, 1.82) is 0 Å². The van der Waals surface area contributed by atoms with E-state index in [2.05, 4.69) is 10.2 Å². The van der Waals surface area contributed by atoms with Gasteiger partial charge in [-0.15, -0.1) is 10.2 Å². The summed E-state index contributed by atoms with van der Waals surface area (Å²) >= 11 is 1.62. The number of fused-ring (bicyclic) bond motifs is 1. The summed E-state index contributed by atoms with van der Waals surface area (Å²) in [7, 11) is 0. The van der Waals surface area contributed by atoms with Crippen molar-refractivity contribution in [2.45, 2.75) is 18.0 Å². The molecule has 7 heteroatoms. The van der Waals surface area contributed by atoms with Crippen LogP contribution in [-0.4, -0.2) is 43.8 Å². The molecule has 4 rings (SSSR count). The number of thioether (sulfide) groups is 1. The summed E-state index contributed by atoms with van der Waals surface area (Å²) in [4.78, 5) is 26.0. The normalized spacial score (nSPS) is 13.3. The zero-order valence-electron chi connectivity index (χ0n) is 14.6. The van der Waals surface area contributed by atoms with Crippen LogP contribution >= 0.6 is 11.8 Å². The topological polar surface area (TPSA) is 68.1 Å². The molecule has 0 saturated heterocycles. The van der Waals surface area contributed by atoms with Gasteiger partial charge in [0.1, 0.15) is 6.33 Å². The molecule has 6 nitrogen and oxygen atoms in total. The van der Waals surface area contributed by atoms with Gasteiger partial charge in [-0.05, 0) is 37.1 Å². The van der Waals surface area contributed by atoms with Gasteiger partial charge >= 0.3 is 0 Å². The number of imide groups is 1. The lowest BCUT2D eigenvalue weighted by Crippen LogP contribution is -2.30. The lowest BCUT2D eigenvalue weighted by molar-refractivity contribution is 0.0652. The second kappa shape index (κ2) is 7.75. The molecule has 2 amide bonds. The predicted molar refractivity (Wildman–Crippen MR) is 103 cm³/mol. The molecule has 0 aliphatic carbocycles. The standard InChI is InChI=1S/C20H18N4O2S/c25-18-16-10-4-5-11-17(16)19(26)23(18)12-6-7-13-27-20-22-21-14-24(20)15-8-2-1-3-9-15/h1-5,8-11,14H,6-7,12-13H2. The van der Waals surface area contributed by atoms with E-state index in [9.17, 15) is 9.59 Å². The molecule has 1 aliphatic heterocycles. The first-order valence-corrected chi connectivity index (χ1v) is 9.78. The summed E-state index contributed by atoms with van der Waals surface area (Å²) < 4.78 is 1.95. The number of hydrogen-bond acceptors (Lipinski definition) is 5. The molecular weight excluding hydrogens is 360 g/mol. The third kappa shape index (κ3) is 3.50. The van der Waals surface area contributed by atoms with Crippen LogP contribution in [0.25, 0.3) is 5.69 Å². The van der Waals surface area contributed by atoms with Crippen molar-refractivity contribution < 1.29 is 9.59 Å². The van der Waals surface area contributed by atoms with Crippen molar-refractivity contribution in [3.8, 4) is 5.69 Å². The Hall–Kier alpha value is -2.93. The van der Waals surface area contributed by atoms with Crippen LogP contribution in [0.15, 0.2) is 66.1 Å². The van der Waals surface area contributed by atoms with E-state index in [-0.39, 0.29) is 11.8 Å². The minimum absolute atomic E-state index is 0.188. The number of nitrogens with zero attached hydrogens (tertiary/aromatic N) is 4. The molecule has 1 aliphatic rings. The van der Waals surface area contributed by atoms with Crippen LogP contribution in [0.3, 0.4) is 0 Å².